The first-order chi connectivity index (χ1) is 7.69. The van der Waals surface area contributed by atoms with E-state index in [1.807, 2.05) is 41.0 Å². The Morgan fingerprint density at radius 2 is 1.75 bits per heavy atom. The van der Waals surface area contributed by atoms with Gasteiger partial charge in [0, 0.05) is 12.5 Å². The smallest absolute Gasteiger partial charge is 0.392 e. The molecule has 1 aromatic carbocycles. The third kappa shape index (κ3) is 1.37. The highest BCUT2D eigenvalue weighted by atomic mass is 35.5. The van der Waals surface area contributed by atoms with Gasteiger partial charge in [-0.3, -0.25) is 22.9 Å². The Bertz CT molecular complexity index is 507. The molecule has 16 heavy (non-hydrogen) atoms. The second-order valence-corrected chi connectivity index (χ2v) is 5.59. The van der Waals surface area contributed by atoms with E-state index in [9.17, 15) is 0 Å². The molecule has 3 rings (SSSR count). The van der Waals surface area contributed by atoms with E-state index in [1.165, 1.54) is 5.56 Å². The maximum absolute atomic E-state index is 6.52. The van der Waals surface area contributed by atoms with Crippen molar-refractivity contribution in [2.75, 3.05) is 0 Å². The van der Waals surface area contributed by atoms with Gasteiger partial charge in [-0.15, -0.1) is 0 Å². The Balaban J connectivity index is 2.28. The first-order valence-corrected chi connectivity index (χ1v) is 6.16. The number of pyridine rings is 1. The van der Waals surface area contributed by atoms with E-state index in [-0.39, 0.29) is 0 Å². The lowest BCUT2D eigenvalue weighted by Gasteiger charge is -2.31. The minimum absolute atomic E-state index is 0.889. The second kappa shape index (κ2) is 3.51. The zero-order valence-corrected chi connectivity index (χ0v) is 10.1. The van der Waals surface area contributed by atoms with Crippen molar-refractivity contribution in [2.24, 2.45) is 0 Å². The number of aromatic nitrogens is 1. The molecule has 1 aliphatic heterocycles. The summed E-state index contributed by atoms with van der Waals surface area (Å²) < 4.78 is 1.98. The predicted molar refractivity (Wildman–Crippen MR) is 68.4 cm³/mol. The van der Waals surface area contributed by atoms with E-state index in [4.69, 9.17) is 22.9 Å². The maximum Gasteiger partial charge on any atom is 0.474 e. The van der Waals surface area contributed by atoms with E-state index < -0.39 is 5.11 Å². The topological polar surface area (TPSA) is 3.88 Å². The van der Waals surface area contributed by atoms with Crippen molar-refractivity contribution in [1.29, 1.82) is 0 Å². The molecule has 0 saturated heterocycles. The predicted octanol–water partition coefficient (Wildman–Crippen LogP) is 2.05. The average molecular weight is 250 g/mol. The van der Waals surface area contributed by atoms with E-state index in [1.54, 1.807) is 0 Å². The summed E-state index contributed by atoms with van der Waals surface area (Å²) in [5.41, 5.74) is 3.42. The van der Waals surface area contributed by atoms with Crippen molar-refractivity contribution in [3.63, 3.8) is 0 Å². The van der Waals surface area contributed by atoms with Crippen LogP contribution in [-0.4, -0.2) is 5.11 Å². The molecule has 0 aliphatic carbocycles. The van der Waals surface area contributed by atoms with Crippen molar-refractivity contribution < 1.29 is 4.48 Å². The molecule has 0 radical (unpaired) electrons. The molecule has 1 aromatic heterocycles. The van der Waals surface area contributed by atoms with Gasteiger partial charge in [-0.2, -0.15) is 0 Å². The van der Waals surface area contributed by atoms with Crippen LogP contribution in [0.25, 0.3) is 0 Å². The van der Waals surface area contributed by atoms with Gasteiger partial charge in [0.1, 0.15) is 11.9 Å². The maximum atomic E-state index is 6.52. The first-order valence-electron chi connectivity index (χ1n) is 5.29. The van der Waals surface area contributed by atoms with Crippen LogP contribution in [0.5, 0.6) is 0 Å². The molecule has 0 fully saturated rings. The van der Waals surface area contributed by atoms with Gasteiger partial charge in [-0.1, -0.05) is 41.4 Å². The number of hydrogen-bond donors (Lipinski definition) is 0. The van der Waals surface area contributed by atoms with Crippen molar-refractivity contribution in [3.05, 3.63) is 59.9 Å². The van der Waals surface area contributed by atoms with Gasteiger partial charge < -0.3 is 4.48 Å². The summed E-state index contributed by atoms with van der Waals surface area (Å²) in [6.45, 7) is 0. The number of halogens is 2. The van der Waals surface area contributed by atoms with Gasteiger partial charge in [0.05, 0.1) is 0 Å². The van der Waals surface area contributed by atoms with Gasteiger partial charge in [0.15, 0.2) is 0 Å². The van der Waals surface area contributed by atoms with Gasteiger partial charge in [-0.05, 0) is 6.07 Å². The molecule has 0 unspecified atom stereocenters. The normalized spacial score (nSPS) is 16.4. The minimum atomic E-state index is -1.70. The Morgan fingerprint density at radius 1 is 1.00 bits per heavy atom. The lowest BCUT2D eigenvalue weighted by atomic mass is 9.71. The standard InChI is InChI=1S/C12H10BCl2N/c14-13(15)12-7-2-1-5-10(12)9-11-6-3-4-8-16(11)13/h1-8H,9H2. The van der Waals surface area contributed by atoms with Crippen molar-refractivity contribution in [1.82, 2.24) is 0 Å². The highest BCUT2D eigenvalue weighted by Gasteiger charge is 2.40. The Labute approximate surface area is 104 Å². The number of hydrogen-bond acceptors (Lipinski definition) is 0. The summed E-state index contributed by atoms with van der Waals surface area (Å²) in [5.74, 6) is 0. The number of rotatable bonds is 0. The fraction of sp³-hybridized carbons (Fsp3) is 0.0833. The summed E-state index contributed by atoms with van der Waals surface area (Å²) in [6, 6.07) is 14.1. The summed E-state index contributed by atoms with van der Waals surface area (Å²) in [5, 5.41) is -1.70. The molecule has 0 atom stereocenters. The van der Waals surface area contributed by atoms with Crippen LogP contribution < -0.4 is 9.94 Å². The van der Waals surface area contributed by atoms with Crippen molar-refractivity contribution >= 4 is 33.5 Å². The van der Waals surface area contributed by atoms with E-state index in [0.29, 0.717) is 0 Å². The SMILES string of the molecule is Cl[B-]1(Cl)c2ccccc2Cc2cccc[n+]21. The molecule has 0 N–H and O–H groups in total. The van der Waals surface area contributed by atoms with Gasteiger partial charge in [-0.25, -0.2) is 0 Å². The summed E-state index contributed by atoms with van der Waals surface area (Å²) >= 11 is 13.0. The number of nitrogens with zero attached hydrogens (tertiary/aromatic N) is 1. The van der Waals surface area contributed by atoms with E-state index >= 15 is 0 Å². The number of fused-ring (bicyclic) bond motifs is 2. The molecule has 0 spiro atoms. The third-order valence-electron chi connectivity index (χ3n) is 3.13. The molecule has 80 valence electrons. The van der Waals surface area contributed by atoms with Gasteiger partial charge in [0.2, 0.25) is 0 Å². The highest BCUT2D eigenvalue weighted by Crippen LogP contribution is 2.20. The van der Waals surface area contributed by atoms with Crippen LogP contribution in [0, 0.1) is 0 Å². The second-order valence-electron chi connectivity index (χ2n) is 4.10. The molecule has 0 amide bonds. The quantitative estimate of drug-likeness (QED) is 0.630. The fourth-order valence-corrected chi connectivity index (χ4v) is 3.14. The summed E-state index contributed by atoms with van der Waals surface area (Å²) in [7, 11) is 0. The monoisotopic (exact) mass is 249 g/mol. The summed E-state index contributed by atoms with van der Waals surface area (Å²) in [4.78, 5) is 0. The van der Waals surface area contributed by atoms with Crippen LogP contribution in [0.3, 0.4) is 0 Å². The zero-order valence-electron chi connectivity index (χ0n) is 8.61. The van der Waals surface area contributed by atoms with Crippen LogP contribution in [-0.2, 0) is 6.42 Å². The van der Waals surface area contributed by atoms with Crippen LogP contribution in [0.4, 0.5) is 0 Å². The van der Waals surface area contributed by atoms with E-state index in [2.05, 4.69) is 12.1 Å². The van der Waals surface area contributed by atoms with Gasteiger partial charge >= 0.3 is 5.11 Å². The molecule has 0 saturated carbocycles. The van der Waals surface area contributed by atoms with Gasteiger partial charge in [0.25, 0.3) is 0 Å². The van der Waals surface area contributed by atoms with Crippen molar-refractivity contribution in [2.45, 2.75) is 6.42 Å². The molecule has 1 nitrogen and oxygen atoms in total. The lowest BCUT2D eigenvalue weighted by Crippen LogP contribution is -2.69. The molecule has 2 aromatic rings. The van der Waals surface area contributed by atoms with E-state index in [0.717, 1.165) is 17.6 Å². The minimum Gasteiger partial charge on any atom is -0.392 e. The zero-order chi connectivity index (χ0) is 11.2. The van der Waals surface area contributed by atoms with Crippen LogP contribution >= 0.6 is 22.9 Å². The largest absolute Gasteiger partial charge is 0.474 e. The lowest BCUT2D eigenvalue weighted by molar-refractivity contribution is -0.545. The van der Waals surface area contributed by atoms with Crippen LogP contribution in [0.2, 0.25) is 0 Å². The Morgan fingerprint density at radius 3 is 2.62 bits per heavy atom. The number of benzene rings is 1. The molecular formula is C12H10BCl2N. The molecule has 0 bridgehead atoms. The Kier molecular flexibility index (Phi) is 2.23. The molecule has 2 heterocycles. The average Bonchev–Trinajstić information content (AvgIpc) is 2.29. The fourth-order valence-electron chi connectivity index (χ4n) is 2.34. The van der Waals surface area contributed by atoms with Crippen LogP contribution in [0.15, 0.2) is 48.7 Å². The van der Waals surface area contributed by atoms with Crippen molar-refractivity contribution in [3.8, 4) is 0 Å². The third-order valence-corrected chi connectivity index (χ3v) is 4.02. The van der Waals surface area contributed by atoms with Crippen LogP contribution in [0.1, 0.15) is 11.3 Å². The molecule has 1 aliphatic rings. The first kappa shape index (κ1) is 10.2. The highest BCUT2D eigenvalue weighted by molar-refractivity contribution is 7.47. The molecule has 4 heteroatoms. The Hall–Kier alpha value is -0.985. The molecular weight excluding hydrogens is 240 g/mol. The summed E-state index contributed by atoms with van der Waals surface area (Å²) in [6.07, 6.45) is 2.84.